The molecule has 0 spiro atoms. The number of aryl methyl sites for hydroxylation is 1. The van der Waals surface area contributed by atoms with Crippen LogP contribution in [0.15, 0.2) is 47.5 Å². The van der Waals surface area contributed by atoms with Crippen LogP contribution >= 0.6 is 0 Å². The number of piperidine rings is 1. The van der Waals surface area contributed by atoms with Gasteiger partial charge in [0.25, 0.3) is 0 Å². The maximum Gasteiger partial charge on any atom is 0.335 e. The van der Waals surface area contributed by atoms with Crippen molar-refractivity contribution in [2.24, 2.45) is 10.9 Å². The lowest BCUT2D eigenvalue weighted by Gasteiger charge is -2.20. The van der Waals surface area contributed by atoms with Crippen molar-refractivity contribution in [3.8, 4) is 17.2 Å². The highest BCUT2D eigenvalue weighted by atomic mass is 16.4. The first-order chi connectivity index (χ1) is 13.7. The molecule has 5 heteroatoms. The maximum absolute atomic E-state index is 11.5. The highest BCUT2D eigenvalue weighted by Gasteiger charge is 2.11. The second-order valence-electron chi connectivity index (χ2n) is 7.20. The molecule has 1 aliphatic heterocycles. The Bertz CT molecular complexity index is 893. The van der Waals surface area contributed by atoms with E-state index in [1.54, 1.807) is 24.3 Å². The van der Waals surface area contributed by atoms with Crippen LogP contribution in [-0.4, -0.2) is 36.9 Å². The van der Waals surface area contributed by atoms with Crippen LogP contribution in [-0.2, 0) is 6.42 Å². The third-order valence-electron chi connectivity index (χ3n) is 5.08. The molecule has 28 heavy (non-hydrogen) atoms. The van der Waals surface area contributed by atoms with Crippen LogP contribution in [0.4, 0.5) is 0 Å². The molecular formula is C23H25N3O2. The lowest BCUT2D eigenvalue weighted by molar-refractivity contribution is 0.0697. The first kappa shape index (κ1) is 19.8. The topological polar surface area (TPSA) is 85.5 Å². The van der Waals surface area contributed by atoms with Crippen LogP contribution in [0.5, 0.6) is 0 Å². The van der Waals surface area contributed by atoms with Gasteiger partial charge in [0.2, 0.25) is 0 Å². The molecule has 1 fully saturated rings. The van der Waals surface area contributed by atoms with Crippen LogP contribution in [0.2, 0.25) is 0 Å². The van der Waals surface area contributed by atoms with Crippen LogP contribution in [0.1, 0.15) is 40.7 Å². The van der Waals surface area contributed by atoms with Crippen molar-refractivity contribution in [3.05, 3.63) is 59.2 Å². The molecule has 0 bridgehead atoms. The molecule has 1 saturated heterocycles. The highest BCUT2D eigenvalue weighted by Crippen LogP contribution is 2.24. The molecule has 5 nitrogen and oxygen atoms in total. The zero-order chi connectivity index (χ0) is 19.8. The summed E-state index contributed by atoms with van der Waals surface area (Å²) < 4.78 is 0. The number of benzene rings is 2. The molecule has 2 N–H and O–H groups in total. The summed E-state index contributed by atoms with van der Waals surface area (Å²) >= 11 is 0. The van der Waals surface area contributed by atoms with Crippen LogP contribution < -0.4 is 5.32 Å². The van der Waals surface area contributed by atoms with E-state index >= 15 is 0 Å². The summed E-state index contributed by atoms with van der Waals surface area (Å²) in [5.74, 6) is -0.272. The van der Waals surface area contributed by atoms with Crippen molar-refractivity contribution in [1.82, 2.24) is 5.32 Å². The molecule has 0 radical (unpaired) electrons. The van der Waals surface area contributed by atoms with Gasteiger partial charge in [-0.3, -0.25) is 4.99 Å². The lowest BCUT2D eigenvalue weighted by Crippen LogP contribution is -2.28. The Kier molecular flexibility index (Phi) is 6.94. The molecule has 0 atom stereocenters. The Morgan fingerprint density at radius 1 is 1.21 bits per heavy atom. The molecule has 0 unspecified atom stereocenters. The minimum Gasteiger partial charge on any atom is -0.478 e. The van der Waals surface area contributed by atoms with Gasteiger partial charge in [-0.2, -0.15) is 5.26 Å². The molecule has 1 aliphatic rings. The molecule has 0 aliphatic carbocycles. The van der Waals surface area contributed by atoms with E-state index in [4.69, 9.17) is 5.26 Å². The fourth-order valence-corrected chi connectivity index (χ4v) is 3.51. The van der Waals surface area contributed by atoms with Gasteiger partial charge in [0.15, 0.2) is 0 Å². The van der Waals surface area contributed by atoms with Crippen LogP contribution in [0, 0.1) is 17.2 Å². The van der Waals surface area contributed by atoms with E-state index in [0.717, 1.165) is 49.2 Å². The molecule has 0 aromatic heterocycles. The molecule has 3 rings (SSSR count). The lowest BCUT2D eigenvalue weighted by atomic mass is 9.97. The molecular weight excluding hydrogens is 350 g/mol. The number of nitrogens with zero attached hydrogens (tertiary/aromatic N) is 2. The summed E-state index contributed by atoms with van der Waals surface area (Å²) in [6.07, 6.45) is 5.85. The van der Waals surface area contributed by atoms with Gasteiger partial charge < -0.3 is 10.4 Å². The van der Waals surface area contributed by atoms with Gasteiger partial charge in [0, 0.05) is 6.54 Å². The Labute approximate surface area is 165 Å². The third kappa shape index (κ3) is 5.51. The van der Waals surface area contributed by atoms with E-state index in [-0.39, 0.29) is 5.56 Å². The van der Waals surface area contributed by atoms with Gasteiger partial charge in [0.1, 0.15) is 0 Å². The van der Waals surface area contributed by atoms with Crippen molar-refractivity contribution < 1.29 is 9.90 Å². The Hall–Kier alpha value is -2.97. The molecule has 0 amide bonds. The first-order valence-corrected chi connectivity index (χ1v) is 9.72. The Morgan fingerprint density at radius 3 is 2.79 bits per heavy atom. The standard InChI is InChI=1S/C23H25N3O2/c24-15-19-3-1-5-20(13-19)21-11-18(12-22(14-21)23(27)28)4-2-8-26-16-17-6-9-25-10-7-17/h1,3,5,8,11-14,17,25H,2,4,6-7,9-10,16H2,(H,27,28). The van der Waals surface area contributed by atoms with E-state index in [0.29, 0.717) is 11.5 Å². The predicted molar refractivity (Wildman–Crippen MR) is 111 cm³/mol. The number of hydrogen-bond acceptors (Lipinski definition) is 4. The minimum absolute atomic E-state index is 0.265. The summed E-state index contributed by atoms with van der Waals surface area (Å²) in [4.78, 5) is 16.1. The van der Waals surface area contributed by atoms with Gasteiger partial charge in [-0.15, -0.1) is 0 Å². The number of rotatable bonds is 7. The summed E-state index contributed by atoms with van der Waals surface area (Å²) in [5, 5.41) is 21.9. The second-order valence-corrected chi connectivity index (χ2v) is 7.20. The smallest absolute Gasteiger partial charge is 0.335 e. The van der Waals surface area contributed by atoms with Gasteiger partial charge in [-0.25, -0.2) is 4.79 Å². The van der Waals surface area contributed by atoms with E-state index in [1.807, 2.05) is 24.4 Å². The van der Waals surface area contributed by atoms with Gasteiger partial charge in [0.05, 0.1) is 17.2 Å². The molecule has 0 saturated carbocycles. The minimum atomic E-state index is -0.945. The van der Waals surface area contributed by atoms with Crippen LogP contribution in [0.25, 0.3) is 11.1 Å². The van der Waals surface area contributed by atoms with Crippen molar-refractivity contribution in [1.29, 1.82) is 5.26 Å². The summed E-state index contributed by atoms with van der Waals surface area (Å²) in [7, 11) is 0. The first-order valence-electron chi connectivity index (χ1n) is 9.72. The predicted octanol–water partition coefficient (Wildman–Crippen LogP) is 3.93. The van der Waals surface area contributed by atoms with Gasteiger partial charge in [-0.05, 0) is 91.9 Å². The largest absolute Gasteiger partial charge is 0.478 e. The zero-order valence-electron chi connectivity index (χ0n) is 15.9. The molecule has 1 heterocycles. The number of aromatic carboxylic acids is 1. The highest BCUT2D eigenvalue weighted by molar-refractivity contribution is 5.90. The number of hydrogen-bond donors (Lipinski definition) is 2. The van der Waals surface area contributed by atoms with Crippen molar-refractivity contribution in [3.63, 3.8) is 0 Å². The van der Waals surface area contributed by atoms with Crippen molar-refractivity contribution in [2.45, 2.75) is 25.7 Å². The monoisotopic (exact) mass is 375 g/mol. The maximum atomic E-state index is 11.5. The summed E-state index contributed by atoms with van der Waals surface area (Å²) in [5.41, 5.74) is 3.46. The van der Waals surface area contributed by atoms with E-state index in [9.17, 15) is 9.90 Å². The molecule has 144 valence electrons. The van der Waals surface area contributed by atoms with E-state index in [2.05, 4.69) is 16.4 Å². The summed E-state index contributed by atoms with van der Waals surface area (Å²) in [6.45, 7) is 3.04. The normalized spacial score (nSPS) is 14.8. The number of carboxylic acid groups (broad SMARTS) is 1. The zero-order valence-corrected chi connectivity index (χ0v) is 15.9. The van der Waals surface area contributed by atoms with E-state index < -0.39 is 5.97 Å². The van der Waals surface area contributed by atoms with Gasteiger partial charge >= 0.3 is 5.97 Å². The Morgan fingerprint density at radius 2 is 2.04 bits per heavy atom. The average molecular weight is 375 g/mol. The Balaban J connectivity index is 1.69. The summed E-state index contributed by atoms with van der Waals surface area (Å²) in [6, 6.07) is 14.7. The SMILES string of the molecule is N#Cc1cccc(-c2cc(CCC=NCC3CCNCC3)cc(C(=O)O)c2)c1. The fraction of sp³-hybridized carbons (Fsp3) is 0.348. The number of nitrogens with one attached hydrogen (secondary N) is 1. The third-order valence-corrected chi connectivity index (χ3v) is 5.08. The van der Waals surface area contributed by atoms with Crippen molar-refractivity contribution in [2.75, 3.05) is 19.6 Å². The quantitative estimate of drug-likeness (QED) is 0.718. The second kappa shape index (κ2) is 9.82. The van der Waals surface area contributed by atoms with Gasteiger partial charge in [-0.1, -0.05) is 18.2 Å². The average Bonchev–Trinajstić information content (AvgIpc) is 2.74. The number of carbonyl (C=O) groups is 1. The van der Waals surface area contributed by atoms with E-state index in [1.165, 1.54) is 12.8 Å². The fourth-order valence-electron chi connectivity index (χ4n) is 3.51. The molecule has 2 aromatic carbocycles. The number of nitriles is 1. The number of carboxylic acids is 1. The number of aliphatic imine (C=N–C) groups is 1. The van der Waals surface area contributed by atoms with Crippen molar-refractivity contribution >= 4 is 12.2 Å². The molecule has 2 aromatic rings. The van der Waals surface area contributed by atoms with Crippen LogP contribution in [0.3, 0.4) is 0 Å².